The minimum Gasteiger partial charge on any atom is -0.452 e. The fourth-order valence-electron chi connectivity index (χ4n) is 2.91. The van der Waals surface area contributed by atoms with Crippen molar-refractivity contribution in [3.8, 4) is 0 Å². The fourth-order valence-corrected chi connectivity index (χ4v) is 3.52. The zero-order chi connectivity index (χ0) is 17.1. The molecule has 6 heteroatoms. The van der Waals surface area contributed by atoms with Crippen molar-refractivity contribution in [2.24, 2.45) is 0 Å². The van der Waals surface area contributed by atoms with E-state index < -0.39 is 12.1 Å². The lowest BCUT2D eigenvalue weighted by Gasteiger charge is -2.31. The normalized spacial score (nSPS) is 14.8. The molecule has 1 aromatic heterocycles. The molecule has 1 aliphatic heterocycles. The quantitative estimate of drug-likeness (QED) is 0.800. The molecule has 0 radical (unpaired) electrons. The SMILES string of the molecule is Cc1nc(CC(=O)OC(C)C(=O)N2CCCc3ccccc32)cs1. The van der Waals surface area contributed by atoms with Gasteiger partial charge in [-0.2, -0.15) is 0 Å². The number of anilines is 1. The van der Waals surface area contributed by atoms with Gasteiger partial charge in [-0.05, 0) is 38.3 Å². The van der Waals surface area contributed by atoms with E-state index in [1.165, 1.54) is 11.3 Å². The molecule has 0 spiro atoms. The highest BCUT2D eigenvalue weighted by Gasteiger charge is 2.28. The minimum atomic E-state index is -0.802. The lowest BCUT2D eigenvalue weighted by Crippen LogP contribution is -2.42. The zero-order valence-electron chi connectivity index (χ0n) is 13.8. The van der Waals surface area contributed by atoms with E-state index in [9.17, 15) is 9.59 Å². The van der Waals surface area contributed by atoms with Crippen LogP contribution >= 0.6 is 11.3 Å². The van der Waals surface area contributed by atoms with Crippen LogP contribution in [0, 0.1) is 6.92 Å². The van der Waals surface area contributed by atoms with E-state index in [2.05, 4.69) is 4.98 Å². The molecule has 0 saturated heterocycles. The van der Waals surface area contributed by atoms with Crippen LogP contribution in [0.25, 0.3) is 0 Å². The van der Waals surface area contributed by atoms with Gasteiger partial charge in [-0.25, -0.2) is 4.98 Å². The summed E-state index contributed by atoms with van der Waals surface area (Å²) in [6.45, 7) is 4.17. The smallest absolute Gasteiger partial charge is 0.312 e. The van der Waals surface area contributed by atoms with Gasteiger partial charge in [-0.3, -0.25) is 9.59 Å². The summed E-state index contributed by atoms with van der Waals surface area (Å²) in [5.41, 5.74) is 2.77. The minimum absolute atomic E-state index is 0.0958. The summed E-state index contributed by atoms with van der Waals surface area (Å²) in [5, 5.41) is 2.75. The highest BCUT2D eigenvalue weighted by atomic mass is 32.1. The topological polar surface area (TPSA) is 59.5 Å². The Morgan fingerprint density at radius 3 is 2.92 bits per heavy atom. The Bertz CT molecular complexity index is 756. The number of fused-ring (bicyclic) bond motifs is 1. The maximum atomic E-state index is 12.7. The third kappa shape index (κ3) is 3.64. The molecule has 1 atom stereocenters. The van der Waals surface area contributed by atoms with Crippen LogP contribution < -0.4 is 4.90 Å². The summed E-state index contributed by atoms with van der Waals surface area (Å²) >= 11 is 1.49. The summed E-state index contributed by atoms with van der Waals surface area (Å²) in [6, 6.07) is 7.88. The number of hydrogen-bond donors (Lipinski definition) is 0. The lowest BCUT2D eigenvalue weighted by molar-refractivity contribution is -0.153. The number of nitrogens with zero attached hydrogens (tertiary/aromatic N) is 2. The third-order valence-corrected chi connectivity index (χ3v) is 4.85. The Morgan fingerprint density at radius 1 is 1.38 bits per heavy atom. The maximum absolute atomic E-state index is 12.7. The average Bonchev–Trinajstić information content (AvgIpc) is 2.98. The highest BCUT2D eigenvalue weighted by molar-refractivity contribution is 7.09. The van der Waals surface area contributed by atoms with Gasteiger partial charge >= 0.3 is 5.97 Å². The van der Waals surface area contributed by atoms with Crippen molar-refractivity contribution in [1.82, 2.24) is 4.98 Å². The Balaban J connectivity index is 1.64. The van der Waals surface area contributed by atoms with Gasteiger partial charge < -0.3 is 9.64 Å². The van der Waals surface area contributed by atoms with Crippen LogP contribution in [0.15, 0.2) is 29.6 Å². The van der Waals surface area contributed by atoms with Gasteiger partial charge in [-0.1, -0.05) is 18.2 Å². The van der Waals surface area contributed by atoms with Crippen LogP contribution in [0.4, 0.5) is 5.69 Å². The maximum Gasteiger partial charge on any atom is 0.312 e. The Labute approximate surface area is 145 Å². The number of rotatable bonds is 4. The van der Waals surface area contributed by atoms with Crippen molar-refractivity contribution >= 4 is 28.9 Å². The number of ether oxygens (including phenoxy) is 1. The standard InChI is InChI=1S/C18H20N2O3S/c1-12(23-17(21)10-15-11-24-13(2)19-15)18(22)20-9-5-7-14-6-3-4-8-16(14)20/h3-4,6,8,11-12H,5,7,9-10H2,1-2H3. The molecule has 2 aromatic rings. The summed E-state index contributed by atoms with van der Waals surface area (Å²) < 4.78 is 5.33. The highest BCUT2D eigenvalue weighted by Crippen LogP contribution is 2.27. The van der Waals surface area contributed by atoms with Crippen LogP contribution in [0.5, 0.6) is 0 Å². The van der Waals surface area contributed by atoms with E-state index in [0.29, 0.717) is 12.2 Å². The van der Waals surface area contributed by atoms with E-state index in [4.69, 9.17) is 4.74 Å². The van der Waals surface area contributed by atoms with Gasteiger partial charge in [0, 0.05) is 17.6 Å². The molecule has 126 valence electrons. The van der Waals surface area contributed by atoms with E-state index in [-0.39, 0.29) is 12.3 Å². The number of para-hydroxylation sites is 1. The van der Waals surface area contributed by atoms with Gasteiger partial charge in [0.1, 0.15) is 0 Å². The van der Waals surface area contributed by atoms with E-state index >= 15 is 0 Å². The number of amides is 1. The first-order chi connectivity index (χ1) is 11.5. The zero-order valence-corrected chi connectivity index (χ0v) is 14.6. The van der Waals surface area contributed by atoms with Crippen molar-refractivity contribution in [2.45, 2.75) is 39.2 Å². The van der Waals surface area contributed by atoms with Crippen molar-refractivity contribution in [3.05, 3.63) is 45.9 Å². The number of hydrogen-bond acceptors (Lipinski definition) is 5. The molecule has 0 saturated carbocycles. The molecule has 3 rings (SSSR count). The molecular formula is C18H20N2O3S. The molecule has 24 heavy (non-hydrogen) atoms. The van der Waals surface area contributed by atoms with Crippen molar-refractivity contribution in [3.63, 3.8) is 0 Å². The summed E-state index contributed by atoms with van der Waals surface area (Å²) in [4.78, 5) is 30.7. The second-order valence-corrected chi connectivity index (χ2v) is 6.95. The molecule has 1 amide bonds. The largest absolute Gasteiger partial charge is 0.452 e. The number of esters is 1. The van der Waals surface area contributed by atoms with Crippen LogP contribution in [-0.4, -0.2) is 29.5 Å². The molecule has 0 aliphatic carbocycles. The first-order valence-electron chi connectivity index (χ1n) is 8.04. The number of thiazole rings is 1. The number of benzene rings is 1. The molecule has 2 heterocycles. The Hall–Kier alpha value is -2.21. The van der Waals surface area contributed by atoms with Gasteiger partial charge in [0.15, 0.2) is 6.10 Å². The number of aryl methyl sites for hydroxylation is 2. The lowest BCUT2D eigenvalue weighted by atomic mass is 10.0. The van der Waals surface area contributed by atoms with Gasteiger partial charge in [0.25, 0.3) is 5.91 Å². The van der Waals surface area contributed by atoms with Crippen LogP contribution in [0.3, 0.4) is 0 Å². The molecule has 0 N–H and O–H groups in total. The second-order valence-electron chi connectivity index (χ2n) is 5.89. The summed E-state index contributed by atoms with van der Waals surface area (Å²) in [6.07, 6.45) is 1.18. The average molecular weight is 344 g/mol. The number of carbonyl (C=O) groups is 2. The monoisotopic (exact) mass is 344 g/mol. The molecule has 1 aliphatic rings. The van der Waals surface area contributed by atoms with E-state index in [1.54, 1.807) is 11.8 Å². The molecule has 0 fully saturated rings. The molecule has 0 bridgehead atoms. The van der Waals surface area contributed by atoms with Gasteiger partial charge in [0.05, 0.1) is 17.1 Å². The summed E-state index contributed by atoms with van der Waals surface area (Å²) in [7, 11) is 0. The van der Waals surface area contributed by atoms with Crippen molar-refractivity contribution in [2.75, 3.05) is 11.4 Å². The first kappa shape index (κ1) is 16.6. The molecule has 5 nitrogen and oxygen atoms in total. The van der Waals surface area contributed by atoms with Crippen molar-refractivity contribution in [1.29, 1.82) is 0 Å². The Morgan fingerprint density at radius 2 is 2.17 bits per heavy atom. The van der Waals surface area contributed by atoms with Gasteiger partial charge in [-0.15, -0.1) is 11.3 Å². The molecular weight excluding hydrogens is 324 g/mol. The fraction of sp³-hybridized carbons (Fsp3) is 0.389. The predicted octanol–water partition coefficient (Wildman–Crippen LogP) is 2.91. The van der Waals surface area contributed by atoms with Crippen LogP contribution in [0.1, 0.15) is 29.6 Å². The third-order valence-electron chi connectivity index (χ3n) is 4.02. The second kappa shape index (κ2) is 7.13. The Kier molecular flexibility index (Phi) is 4.94. The number of aromatic nitrogens is 1. The van der Waals surface area contributed by atoms with E-state index in [1.807, 2.05) is 36.6 Å². The summed E-state index contributed by atoms with van der Waals surface area (Å²) in [5.74, 6) is -0.601. The first-order valence-corrected chi connectivity index (χ1v) is 8.92. The van der Waals surface area contributed by atoms with Crippen LogP contribution in [0.2, 0.25) is 0 Å². The van der Waals surface area contributed by atoms with Gasteiger partial charge in [0.2, 0.25) is 0 Å². The van der Waals surface area contributed by atoms with Crippen LogP contribution in [-0.2, 0) is 27.2 Å². The van der Waals surface area contributed by atoms with E-state index in [0.717, 1.165) is 29.1 Å². The molecule has 1 unspecified atom stereocenters. The van der Waals surface area contributed by atoms with Crippen molar-refractivity contribution < 1.29 is 14.3 Å². The predicted molar refractivity (Wildman–Crippen MR) is 93.2 cm³/mol. The number of carbonyl (C=O) groups excluding carboxylic acids is 2. The molecule has 1 aromatic carbocycles.